The molecule has 1 aromatic carbocycles. The van der Waals surface area contributed by atoms with Gasteiger partial charge >= 0.3 is 0 Å². The fourth-order valence-corrected chi connectivity index (χ4v) is 1.83. The second-order valence-electron chi connectivity index (χ2n) is 4.59. The summed E-state index contributed by atoms with van der Waals surface area (Å²) in [6.07, 6.45) is 2.77. The summed E-state index contributed by atoms with van der Waals surface area (Å²) in [7, 11) is 0. The van der Waals surface area contributed by atoms with E-state index >= 15 is 0 Å². The first-order chi connectivity index (χ1) is 10.0. The molecule has 0 aliphatic carbocycles. The molecule has 0 bridgehead atoms. The first-order valence-electron chi connectivity index (χ1n) is 6.43. The Morgan fingerprint density at radius 3 is 2.95 bits per heavy atom. The summed E-state index contributed by atoms with van der Waals surface area (Å²) in [4.78, 5) is 14.5. The second kappa shape index (κ2) is 6.69. The number of nitrogens with one attached hydrogen (secondary N) is 1. The maximum absolute atomic E-state index is 13.2. The normalized spacial score (nSPS) is 11.7. The van der Waals surface area contributed by atoms with Crippen molar-refractivity contribution in [2.24, 2.45) is 5.73 Å². The number of ether oxygens (including phenoxy) is 1. The highest BCUT2D eigenvalue weighted by Crippen LogP contribution is 2.22. The molecule has 2 aromatic rings. The van der Waals surface area contributed by atoms with Crippen LogP contribution in [-0.4, -0.2) is 17.5 Å². The molecule has 3 N–H and O–H groups in total. The summed E-state index contributed by atoms with van der Waals surface area (Å²) in [6, 6.07) is 8.40. The highest BCUT2D eigenvalue weighted by molar-refractivity contribution is 5.75. The molecule has 1 aromatic heterocycles. The van der Waals surface area contributed by atoms with Crippen molar-refractivity contribution in [3.8, 4) is 5.75 Å². The van der Waals surface area contributed by atoms with E-state index in [4.69, 9.17) is 10.5 Å². The van der Waals surface area contributed by atoms with Crippen LogP contribution >= 0.6 is 0 Å². The number of rotatable bonds is 6. The summed E-state index contributed by atoms with van der Waals surface area (Å²) in [6.45, 7) is 1.72. The SMILES string of the molecule is CC(Nc1cccc(OCC(N)=O)c1)c1cncc(F)c1. The number of anilines is 1. The molecule has 21 heavy (non-hydrogen) atoms. The minimum absolute atomic E-state index is 0.125. The molecule has 2 rings (SSSR count). The summed E-state index contributed by atoms with van der Waals surface area (Å²) < 4.78 is 18.4. The number of hydrogen-bond donors (Lipinski definition) is 2. The van der Waals surface area contributed by atoms with Crippen LogP contribution in [0.3, 0.4) is 0 Å². The molecular weight excluding hydrogens is 273 g/mol. The number of nitrogens with two attached hydrogens (primary N) is 1. The number of primary amides is 1. The van der Waals surface area contributed by atoms with Crippen LogP contribution in [0.2, 0.25) is 0 Å². The molecular formula is C15H16FN3O2. The maximum atomic E-state index is 13.2. The molecule has 0 spiro atoms. The van der Waals surface area contributed by atoms with E-state index < -0.39 is 5.91 Å². The smallest absolute Gasteiger partial charge is 0.255 e. The van der Waals surface area contributed by atoms with E-state index in [1.807, 2.05) is 13.0 Å². The quantitative estimate of drug-likeness (QED) is 0.855. The van der Waals surface area contributed by atoms with Crippen LogP contribution in [0.5, 0.6) is 5.75 Å². The Morgan fingerprint density at radius 2 is 2.24 bits per heavy atom. The lowest BCUT2D eigenvalue weighted by Crippen LogP contribution is -2.20. The van der Waals surface area contributed by atoms with Crippen LogP contribution in [0.1, 0.15) is 18.5 Å². The zero-order valence-electron chi connectivity index (χ0n) is 11.5. The molecule has 6 heteroatoms. The third-order valence-electron chi connectivity index (χ3n) is 2.82. The zero-order valence-corrected chi connectivity index (χ0v) is 11.5. The van der Waals surface area contributed by atoms with Crippen LogP contribution in [0.4, 0.5) is 10.1 Å². The Bertz CT molecular complexity index is 634. The first-order valence-corrected chi connectivity index (χ1v) is 6.43. The minimum Gasteiger partial charge on any atom is -0.484 e. The number of carbonyl (C=O) groups is 1. The fraction of sp³-hybridized carbons (Fsp3) is 0.200. The van der Waals surface area contributed by atoms with Gasteiger partial charge in [-0.2, -0.15) is 0 Å². The van der Waals surface area contributed by atoms with Crippen molar-refractivity contribution in [2.75, 3.05) is 11.9 Å². The molecule has 0 aliphatic heterocycles. The molecule has 110 valence electrons. The third-order valence-corrected chi connectivity index (χ3v) is 2.82. The molecule has 0 aliphatic rings. The predicted molar refractivity (Wildman–Crippen MR) is 77.4 cm³/mol. The minimum atomic E-state index is -0.535. The standard InChI is InChI=1S/C15H16FN3O2/c1-10(11-5-12(16)8-18-7-11)19-13-3-2-4-14(6-13)21-9-15(17)20/h2-8,10,19H,9H2,1H3,(H2,17,20). The van der Waals surface area contributed by atoms with Gasteiger partial charge in [0.25, 0.3) is 5.91 Å². The van der Waals surface area contributed by atoms with Crippen molar-refractivity contribution in [3.63, 3.8) is 0 Å². The van der Waals surface area contributed by atoms with Gasteiger partial charge in [-0.25, -0.2) is 4.39 Å². The van der Waals surface area contributed by atoms with Gasteiger partial charge in [-0.15, -0.1) is 0 Å². The number of aromatic nitrogens is 1. The summed E-state index contributed by atoms with van der Waals surface area (Å²) >= 11 is 0. The Kier molecular flexibility index (Phi) is 4.71. The Morgan fingerprint density at radius 1 is 1.43 bits per heavy atom. The molecule has 1 unspecified atom stereocenters. The molecule has 0 saturated carbocycles. The molecule has 0 saturated heterocycles. The number of benzene rings is 1. The third kappa shape index (κ3) is 4.45. The van der Waals surface area contributed by atoms with Crippen molar-refractivity contribution >= 4 is 11.6 Å². The molecule has 1 atom stereocenters. The van der Waals surface area contributed by atoms with Crippen LogP contribution in [0, 0.1) is 5.82 Å². The number of halogens is 1. The fourth-order valence-electron chi connectivity index (χ4n) is 1.83. The highest BCUT2D eigenvalue weighted by Gasteiger charge is 2.07. The van der Waals surface area contributed by atoms with Crippen molar-refractivity contribution in [1.29, 1.82) is 0 Å². The molecule has 0 fully saturated rings. The lowest BCUT2D eigenvalue weighted by molar-refractivity contribution is -0.119. The van der Waals surface area contributed by atoms with Gasteiger partial charge in [0.2, 0.25) is 0 Å². The summed E-state index contributed by atoms with van der Waals surface area (Å²) in [5, 5.41) is 3.21. The number of hydrogen-bond acceptors (Lipinski definition) is 4. The van der Waals surface area contributed by atoms with Crippen LogP contribution in [0.15, 0.2) is 42.7 Å². The molecule has 5 nitrogen and oxygen atoms in total. The molecule has 1 heterocycles. The first kappa shape index (κ1) is 14.8. The summed E-state index contributed by atoms with van der Waals surface area (Å²) in [5.41, 5.74) is 6.55. The van der Waals surface area contributed by atoms with Gasteiger partial charge in [0, 0.05) is 18.0 Å². The average Bonchev–Trinajstić information content (AvgIpc) is 2.45. The van der Waals surface area contributed by atoms with Gasteiger partial charge in [0.05, 0.1) is 12.2 Å². The van der Waals surface area contributed by atoms with E-state index in [1.165, 1.54) is 6.07 Å². The lowest BCUT2D eigenvalue weighted by Gasteiger charge is -2.16. The van der Waals surface area contributed by atoms with E-state index in [9.17, 15) is 9.18 Å². The monoisotopic (exact) mass is 289 g/mol. The van der Waals surface area contributed by atoms with Gasteiger partial charge in [-0.05, 0) is 30.7 Å². The van der Waals surface area contributed by atoms with Crippen LogP contribution < -0.4 is 15.8 Å². The molecule has 1 amide bonds. The number of amides is 1. The van der Waals surface area contributed by atoms with Gasteiger partial charge in [0.15, 0.2) is 6.61 Å². The zero-order chi connectivity index (χ0) is 15.2. The maximum Gasteiger partial charge on any atom is 0.255 e. The van der Waals surface area contributed by atoms with E-state index in [0.29, 0.717) is 5.75 Å². The van der Waals surface area contributed by atoms with Gasteiger partial charge in [-0.3, -0.25) is 9.78 Å². The molecule has 0 radical (unpaired) electrons. The van der Waals surface area contributed by atoms with Crippen LogP contribution in [-0.2, 0) is 4.79 Å². The topological polar surface area (TPSA) is 77.2 Å². The second-order valence-corrected chi connectivity index (χ2v) is 4.59. The Hall–Kier alpha value is -2.63. The average molecular weight is 289 g/mol. The van der Waals surface area contributed by atoms with Crippen molar-refractivity contribution in [1.82, 2.24) is 4.98 Å². The number of pyridine rings is 1. The van der Waals surface area contributed by atoms with Crippen molar-refractivity contribution in [2.45, 2.75) is 13.0 Å². The lowest BCUT2D eigenvalue weighted by atomic mass is 10.1. The van der Waals surface area contributed by atoms with Gasteiger partial charge < -0.3 is 15.8 Å². The highest BCUT2D eigenvalue weighted by atomic mass is 19.1. The van der Waals surface area contributed by atoms with E-state index in [1.54, 1.807) is 24.4 Å². The van der Waals surface area contributed by atoms with Gasteiger partial charge in [0.1, 0.15) is 11.6 Å². The number of carbonyl (C=O) groups excluding carboxylic acids is 1. The van der Waals surface area contributed by atoms with E-state index in [2.05, 4.69) is 10.3 Å². The van der Waals surface area contributed by atoms with Crippen molar-refractivity contribution in [3.05, 3.63) is 54.1 Å². The van der Waals surface area contributed by atoms with Crippen LogP contribution in [0.25, 0.3) is 0 Å². The summed E-state index contributed by atoms with van der Waals surface area (Å²) in [5.74, 6) is -0.379. The van der Waals surface area contributed by atoms with Crippen molar-refractivity contribution < 1.29 is 13.9 Å². The van der Waals surface area contributed by atoms with Gasteiger partial charge in [-0.1, -0.05) is 6.07 Å². The number of nitrogens with zero attached hydrogens (tertiary/aromatic N) is 1. The Labute approximate surface area is 121 Å². The van der Waals surface area contributed by atoms with E-state index in [0.717, 1.165) is 17.4 Å². The predicted octanol–water partition coefficient (Wildman–Crippen LogP) is 2.26. The Balaban J connectivity index is 2.05. The largest absolute Gasteiger partial charge is 0.484 e. The van der Waals surface area contributed by atoms with E-state index in [-0.39, 0.29) is 18.5 Å².